The van der Waals surface area contributed by atoms with Crippen LogP contribution in [0.4, 0.5) is 0 Å². The van der Waals surface area contributed by atoms with Gasteiger partial charge in [0.2, 0.25) is 10.0 Å². The van der Waals surface area contributed by atoms with Crippen LogP contribution in [-0.2, 0) is 16.4 Å². The molecule has 2 aromatic rings. The zero-order valence-electron chi connectivity index (χ0n) is 14.8. The third-order valence-corrected chi connectivity index (χ3v) is 4.33. The number of allylic oxidation sites excluding steroid dienone is 5. The summed E-state index contributed by atoms with van der Waals surface area (Å²) in [6, 6.07) is 6.40. The second kappa shape index (κ2) is 8.59. The third-order valence-electron chi connectivity index (χ3n) is 3.40. The lowest BCUT2D eigenvalue weighted by Crippen LogP contribution is -2.12. The molecule has 0 amide bonds. The summed E-state index contributed by atoms with van der Waals surface area (Å²) < 4.78 is 29.9. The molecule has 0 spiro atoms. The fourth-order valence-corrected chi connectivity index (χ4v) is 2.73. The van der Waals surface area contributed by atoms with Gasteiger partial charge in [-0.1, -0.05) is 36.5 Å². The van der Waals surface area contributed by atoms with Crippen LogP contribution in [0.5, 0.6) is 6.01 Å². The highest BCUT2D eigenvalue weighted by molar-refractivity contribution is 7.89. The van der Waals surface area contributed by atoms with Crippen molar-refractivity contribution in [1.29, 1.82) is 0 Å². The maximum Gasteiger partial charge on any atom is 0.336 e. The SMILES string of the molecule is C=C/C=C\C=C(/C)Cc1nc(OCC)nn1-c1ccc(S(N)(=O)=O)cc1. The van der Waals surface area contributed by atoms with E-state index in [1.807, 2.05) is 32.1 Å². The number of aromatic nitrogens is 3. The molecule has 8 heteroatoms. The van der Waals surface area contributed by atoms with Crippen molar-refractivity contribution in [2.24, 2.45) is 5.14 Å². The molecule has 2 N–H and O–H groups in total. The molecular formula is C18H22N4O3S. The van der Waals surface area contributed by atoms with Crippen LogP contribution in [0.15, 0.2) is 65.6 Å². The Bertz CT molecular complexity index is 926. The lowest BCUT2D eigenvalue weighted by Gasteiger charge is -2.06. The van der Waals surface area contributed by atoms with E-state index in [1.165, 1.54) is 12.1 Å². The molecule has 0 aliphatic rings. The van der Waals surface area contributed by atoms with Crippen molar-refractivity contribution in [3.05, 3.63) is 66.5 Å². The number of benzene rings is 1. The minimum absolute atomic E-state index is 0.0404. The molecule has 0 aliphatic carbocycles. The Labute approximate surface area is 153 Å². The minimum atomic E-state index is -3.74. The Balaban J connectivity index is 2.39. The van der Waals surface area contributed by atoms with Crippen molar-refractivity contribution in [3.63, 3.8) is 0 Å². The molecular weight excluding hydrogens is 352 g/mol. The van der Waals surface area contributed by atoms with Crippen LogP contribution >= 0.6 is 0 Å². The molecule has 0 saturated carbocycles. The summed E-state index contributed by atoms with van der Waals surface area (Å²) >= 11 is 0. The van der Waals surface area contributed by atoms with Gasteiger partial charge in [-0.25, -0.2) is 18.2 Å². The highest BCUT2D eigenvalue weighted by atomic mass is 32.2. The standard InChI is InChI=1S/C18H22N4O3S/c1-4-6-7-8-14(3)13-17-20-18(25-5-2)21-22(17)15-9-11-16(12-10-15)26(19,23)24/h4,6-12H,1,5,13H2,2-3H3,(H2,19,23,24)/b7-6-,14-8+. The van der Waals surface area contributed by atoms with Crippen molar-refractivity contribution < 1.29 is 13.2 Å². The molecule has 0 unspecified atom stereocenters. The van der Waals surface area contributed by atoms with Crippen molar-refractivity contribution in [2.75, 3.05) is 6.61 Å². The summed E-state index contributed by atoms with van der Waals surface area (Å²) in [4.78, 5) is 4.46. The highest BCUT2D eigenvalue weighted by Gasteiger charge is 2.14. The zero-order chi connectivity index (χ0) is 19.2. The monoisotopic (exact) mass is 374 g/mol. The molecule has 0 atom stereocenters. The summed E-state index contributed by atoms with van der Waals surface area (Å²) in [6.07, 6.45) is 7.95. The Kier molecular flexibility index (Phi) is 6.48. The number of nitrogens with zero attached hydrogens (tertiary/aromatic N) is 3. The van der Waals surface area contributed by atoms with E-state index in [9.17, 15) is 8.42 Å². The Morgan fingerprint density at radius 3 is 2.58 bits per heavy atom. The molecule has 0 radical (unpaired) electrons. The second-order valence-corrected chi connectivity index (χ2v) is 7.07. The van der Waals surface area contributed by atoms with Gasteiger partial charge in [-0.15, -0.1) is 5.10 Å². The lowest BCUT2D eigenvalue weighted by atomic mass is 10.2. The average molecular weight is 374 g/mol. The van der Waals surface area contributed by atoms with Crippen LogP contribution in [0.1, 0.15) is 19.7 Å². The predicted molar refractivity (Wildman–Crippen MR) is 101 cm³/mol. The first kappa shape index (κ1) is 19.6. The van der Waals surface area contributed by atoms with Gasteiger partial charge in [0.05, 0.1) is 17.2 Å². The van der Waals surface area contributed by atoms with Gasteiger partial charge >= 0.3 is 6.01 Å². The van der Waals surface area contributed by atoms with Gasteiger partial charge in [-0.05, 0) is 38.1 Å². The normalized spacial score (nSPS) is 12.5. The topological polar surface area (TPSA) is 100 Å². The quantitative estimate of drug-likeness (QED) is 0.716. The fourth-order valence-electron chi connectivity index (χ4n) is 2.22. The fraction of sp³-hybridized carbons (Fsp3) is 0.222. The minimum Gasteiger partial charge on any atom is -0.463 e. The molecule has 1 aromatic carbocycles. The van der Waals surface area contributed by atoms with Gasteiger partial charge in [0.25, 0.3) is 0 Å². The van der Waals surface area contributed by atoms with Gasteiger partial charge in [0, 0.05) is 6.42 Å². The van der Waals surface area contributed by atoms with Crippen LogP contribution in [0, 0.1) is 0 Å². The van der Waals surface area contributed by atoms with E-state index in [0.29, 0.717) is 24.5 Å². The number of hydrogen-bond acceptors (Lipinski definition) is 5. The van der Waals surface area contributed by atoms with Crippen LogP contribution in [0.2, 0.25) is 0 Å². The summed E-state index contributed by atoms with van der Waals surface area (Å²) in [7, 11) is -3.74. The molecule has 26 heavy (non-hydrogen) atoms. The van der Waals surface area contributed by atoms with Crippen molar-refractivity contribution in [1.82, 2.24) is 14.8 Å². The third kappa shape index (κ3) is 5.14. The van der Waals surface area contributed by atoms with Crippen LogP contribution in [0.3, 0.4) is 0 Å². The van der Waals surface area contributed by atoms with Crippen molar-refractivity contribution in [2.45, 2.75) is 25.2 Å². The predicted octanol–water partition coefficient (Wildman–Crippen LogP) is 2.54. The number of primary sulfonamides is 1. The maximum atomic E-state index is 11.4. The van der Waals surface area contributed by atoms with E-state index in [-0.39, 0.29) is 10.9 Å². The average Bonchev–Trinajstić information content (AvgIpc) is 2.97. The molecule has 0 aliphatic heterocycles. The first-order valence-corrected chi connectivity index (χ1v) is 9.56. The molecule has 0 fully saturated rings. The van der Waals surface area contributed by atoms with Gasteiger partial charge in [-0.2, -0.15) is 4.98 Å². The molecule has 2 rings (SSSR count). The van der Waals surface area contributed by atoms with Crippen LogP contribution in [0.25, 0.3) is 5.69 Å². The lowest BCUT2D eigenvalue weighted by molar-refractivity contribution is 0.312. The number of rotatable bonds is 8. The van der Waals surface area contributed by atoms with E-state index < -0.39 is 10.0 Å². The Hall–Kier alpha value is -2.71. The van der Waals surface area contributed by atoms with Gasteiger partial charge in [0.1, 0.15) is 5.82 Å². The van der Waals surface area contributed by atoms with Crippen LogP contribution in [-0.4, -0.2) is 29.8 Å². The molecule has 0 bridgehead atoms. The summed E-state index contributed by atoms with van der Waals surface area (Å²) in [5, 5.41) is 9.49. The summed E-state index contributed by atoms with van der Waals surface area (Å²) in [5.74, 6) is 0.678. The van der Waals surface area contributed by atoms with E-state index in [0.717, 1.165) is 5.57 Å². The number of sulfonamides is 1. The van der Waals surface area contributed by atoms with Gasteiger partial charge in [-0.3, -0.25) is 0 Å². The van der Waals surface area contributed by atoms with Crippen molar-refractivity contribution in [3.8, 4) is 11.7 Å². The van der Waals surface area contributed by atoms with E-state index in [2.05, 4.69) is 16.7 Å². The molecule has 1 heterocycles. The van der Waals surface area contributed by atoms with Gasteiger partial charge in [0.15, 0.2) is 0 Å². The van der Waals surface area contributed by atoms with E-state index >= 15 is 0 Å². The maximum absolute atomic E-state index is 11.4. The van der Waals surface area contributed by atoms with Crippen molar-refractivity contribution >= 4 is 10.0 Å². The van der Waals surface area contributed by atoms with Crippen LogP contribution < -0.4 is 9.88 Å². The molecule has 1 aromatic heterocycles. The summed E-state index contributed by atoms with van der Waals surface area (Å²) in [5.41, 5.74) is 1.74. The smallest absolute Gasteiger partial charge is 0.336 e. The number of ether oxygens (including phenoxy) is 1. The Morgan fingerprint density at radius 1 is 1.31 bits per heavy atom. The second-order valence-electron chi connectivity index (χ2n) is 5.50. The Morgan fingerprint density at radius 2 is 2.00 bits per heavy atom. The number of nitrogens with two attached hydrogens (primary N) is 1. The van der Waals surface area contributed by atoms with Gasteiger partial charge < -0.3 is 4.74 Å². The number of hydrogen-bond donors (Lipinski definition) is 1. The zero-order valence-corrected chi connectivity index (χ0v) is 15.6. The molecule has 0 saturated heterocycles. The van der Waals surface area contributed by atoms with E-state index in [4.69, 9.17) is 9.88 Å². The van der Waals surface area contributed by atoms with E-state index in [1.54, 1.807) is 22.9 Å². The first-order chi connectivity index (χ1) is 12.3. The molecule has 138 valence electrons. The first-order valence-electron chi connectivity index (χ1n) is 8.02. The highest BCUT2D eigenvalue weighted by Crippen LogP contribution is 2.18. The largest absolute Gasteiger partial charge is 0.463 e. The summed E-state index contributed by atoms with van der Waals surface area (Å²) in [6.45, 7) is 7.92. The molecule has 7 nitrogen and oxygen atoms in total.